The van der Waals surface area contributed by atoms with Crippen molar-refractivity contribution < 1.29 is 38.5 Å². The molecular formula is C21H30N2O8. The Bertz CT molecular complexity index is 745. The molecule has 2 amide bonds. The lowest BCUT2D eigenvalue weighted by atomic mass is 10.1. The highest BCUT2D eigenvalue weighted by Gasteiger charge is 2.26. The maximum atomic E-state index is 11.9. The highest BCUT2D eigenvalue weighted by molar-refractivity contribution is 5.81. The number of nitrogens with one attached hydrogen (secondary N) is 2. The van der Waals surface area contributed by atoms with Crippen LogP contribution in [0.5, 0.6) is 0 Å². The summed E-state index contributed by atoms with van der Waals surface area (Å²) < 4.78 is 14.8. The molecule has 0 radical (unpaired) electrons. The average Bonchev–Trinajstić information content (AvgIpc) is 2.69. The number of esters is 1. The lowest BCUT2D eigenvalue weighted by Crippen LogP contribution is -2.44. The van der Waals surface area contributed by atoms with Crippen LogP contribution >= 0.6 is 0 Å². The number of rotatable bonds is 10. The molecule has 0 aliphatic rings. The van der Waals surface area contributed by atoms with Gasteiger partial charge in [-0.3, -0.25) is 0 Å². The van der Waals surface area contributed by atoms with Crippen LogP contribution in [0.3, 0.4) is 0 Å². The van der Waals surface area contributed by atoms with E-state index in [-0.39, 0.29) is 25.9 Å². The molecule has 0 spiro atoms. The molecule has 0 aliphatic carbocycles. The third kappa shape index (κ3) is 10.9. The van der Waals surface area contributed by atoms with E-state index in [1.165, 1.54) is 7.11 Å². The van der Waals surface area contributed by atoms with E-state index in [9.17, 15) is 24.3 Å². The second-order valence-corrected chi connectivity index (χ2v) is 7.75. The van der Waals surface area contributed by atoms with Gasteiger partial charge >= 0.3 is 24.1 Å². The van der Waals surface area contributed by atoms with Gasteiger partial charge in [0, 0.05) is 0 Å². The molecule has 0 aliphatic heterocycles. The maximum absolute atomic E-state index is 11.9. The topological polar surface area (TPSA) is 140 Å². The molecule has 0 saturated carbocycles. The number of carbonyl (C=O) groups excluding carboxylic acids is 3. The number of amides is 2. The van der Waals surface area contributed by atoms with E-state index in [1.807, 2.05) is 6.07 Å². The van der Waals surface area contributed by atoms with Crippen LogP contribution in [-0.2, 0) is 30.4 Å². The number of benzene rings is 1. The molecule has 0 saturated heterocycles. The van der Waals surface area contributed by atoms with Gasteiger partial charge in [-0.05, 0) is 45.6 Å². The molecule has 0 fully saturated rings. The lowest BCUT2D eigenvalue weighted by Gasteiger charge is -2.23. The number of aliphatic carboxylic acids is 1. The third-order valence-electron chi connectivity index (χ3n) is 3.97. The van der Waals surface area contributed by atoms with Crippen LogP contribution in [0.25, 0.3) is 0 Å². The fraction of sp³-hybridized carbons (Fsp3) is 0.524. The first-order chi connectivity index (χ1) is 14.5. The number of alkyl carbamates (subject to hydrolysis) is 2. The lowest BCUT2D eigenvalue weighted by molar-refractivity contribution is -0.143. The molecule has 1 aromatic carbocycles. The molecule has 0 heterocycles. The largest absolute Gasteiger partial charge is 0.480 e. The Labute approximate surface area is 181 Å². The van der Waals surface area contributed by atoms with E-state index < -0.39 is 41.8 Å². The van der Waals surface area contributed by atoms with Gasteiger partial charge in [0.25, 0.3) is 0 Å². The predicted octanol–water partition coefficient (Wildman–Crippen LogP) is 2.60. The SMILES string of the molecule is COC(=O)[C@H](CCC[C@H](NC(=O)OCc1ccccc1)C(=O)O)NC(=O)OC(C)(C)C. The van der Waals surface area contributed by atoms with Gasteiger partial charge in [0.1, 0.15) is 24.3 Å². The van der Waals surface area contributed by atoms with Crippen molar-refractivity contribution in [3.63, 3.8) is 0 Å². The quantitative estimate of drug-likeness (QED) is 0.374. The second kappa shape index (κ2) is 12.4. The Hall–Kier alpha value is -3.30. The van der Waals surface area contributed by atoms with Crippen molar-refractivity contribution in [1.82, 2.24) is 10.6 Å². The zero-order chi connectivity index (χ0) is 23.4. The Kier molecular flexibility index (Phi) is 10.3. The summed E-state index contributed by atoms with van der Waals surface area (Å²) in [5.41, 5.74) is 0.0158. The average molecular weight is 438 g/mol. The van der Waals surface area contributed by atoms with Crippen molar-refractivity contribution in [2.75, 3.05) is 7.11 Å². The fourth-order valence-corrected chi connectivity index (χ4v) is 2.53. The Balaban J connectivity index is 2.55. The Morgan fingerprint density at radius 3 is 2.10 bits per heavy atom. The first-order valence-corrected chi connectivity index (χ1v) is 9.79. The van der Waals surface area contributed by atoms with E-state index in [2.05, 4.69) is 15.4 Å². The summed E-state index contributed by atoms with van der Waals surface area (Å²) in [6, 6.07) is 6.71. The Morgan fingerprint density at radius 2 is 1.55 bits per heavy atom. The highest BCUT2D eigenvalue weighted by Crippen LogP contribution is 2.10. The van der Waals surface area contributed by atoms with E-state index >= 15 is 0 Å². The van der Waals surface area contributed by atoms with Gasteiger partial charge < -0.3 is 30.0 Å². The van der Waals surface area contributed by atoms with Gasteiger partial charge in [-0.25, -0.2) is 19.2 Å². The summed E-state index contributed by atoms with van der Waals surface area (Å²) in [6.45, 7) is 5.04. The van der Waals surface area contributed by atoms with Gasteiger partial charge in [-0.2, -0.15) is 0 Å². The van der Waals surface area contributed by atoms with Crippen LogP contribution in [0.15, 0.2) is 30.3 Å². The summed E-state index contributed by atoms with van der Waals surface area (Å²) >= 11 is 0. The molecule has 0 unspecified atom stereocenters. The number of methoxy groups -OCH3 is 1. The summed E-state index contributed by atoms with van der Waals surface area (Å²) in [4.78, 5) is 47.2. The van der Waals surface area contributed by atoms with Crippen LogP contribution < -0.4 is 10.6 Å². The summed E-state index contributed by atoms with van der Waals surface area (Å²) in [6.07, 6.45) is -1.35. The van der Waals surface area contributed by atoms with Crippen LogP contribution in [0.1, 0.15) is 45.6 Å². The van der Waals surface area contributed by atoms with Crippen LogP contribution in [0.4, 0.5) is 9.59 Å². The smallest absolute Gasteiger partial charge is 0.408 e. The number of carboxylic acids is 1. The zero-order valence-corrected chi connectivity index (χ0v) is 18.2. The molecule has 0 aromatic heterocycles. The van der Waals surface area contributed by atoms with Gasteiger partial charge in [0.05, 0.1) is 7.11 Å². The fourth-order valence-electron chi connectivity index (χ4n) is 2.53. The van der Waals surface area contributed by atoms with Gasteiger partial charge in [-0.15, -0.1) is 0 Å². The first-order valence-electron chi connectivity index (χ1n) is 9.79. The van der Waals surface area contributed by atoms with Gasteiger partial charge in [-0.1, -0.05) is 30.3 Å². The number of hydrogen-bond donors (Lipinski definition) is 3. The molecule has 0 bridgehead atoms. The van der Waals surface area contributed by atoms with Crippen molar-refractivity contribution in [1.29, 1.82) is 0 Å². The molecule has 31 heavy (non-hydrogen) atoms. The molecule has 1 aromatic rings. The summed E-state index contributed by atoms with van der Waals surface area (Å²) in [7, 11) is 1.18. The van der Waals surface area contributed by atoms with Crippen molar-refractivity contribution in [3.05, 3.63) is 35.9 Å². The highest BCUT2D eigenvalue weighted by atomic mass is 16.6. The minimum absolute atomic E-state index is 0.00321. The van der Waals surface area contributed by atoms with E-state index in [0.717, 1.165) is 5.56 Å². The van der Waals surface area contributed by atoms with Crippen molar-refractivity contribution in [2.24, 2.45) is 0 Å². The van der Waals surface area contributed by atoms with E-state index in [0.29, 0.717) is 0 Å². The van der Waals surface area contributed by atoms with E-state index in [4.69, 9.17) is 9.47 Å². The van der Waals surface area contributed by atoms with Crippen molar-refractivity contribution in [2.45, 2.75) is 64.3 Å². The van der Waals surface area contributed by atoms with Crippen LogP contribution in [0.2, 0.25) is 0 Å². The minimum Gasteiger partial charge on any atom is -0.480 e. The van der Waals surface area contributed by atoms with Crippen LogP contribution in [-0.4, -0.2) is 54.0 Å². The normalized spacial score (nSPS) is 12.8. The number of carboxylic acid groups (broad SMARTS) is 1. The minimum atomic E-state index is -1.24. The third-order valence-corrected chi connectivity index (χ3v) is 3.97. The molecule has 10 nitrogen and oxygen atoms in total. The maximum Gasteiger partial charge on any atom is 0.408 e. The van der Waals surface area contributed by atoms with Crippen LogP contribution in [0, 0.1) is 0 Å². The Morgan fingerprint density at radius 1 is 0.968 bits per heavy atom. The van der Waals surface area contributed by atoms with Gasteiger partial charge in [0.15, 0.2) is 0 Å². The molecule has 1 rings (SSSR count). The number of hydrogen-bond acceptors (Lipinski definition) is 7. The summed E-state index contributed by atoms with van der Waals surface area (Å²) in [5, 5.41) is 14.0. The van der Waals surface area contributed by atoms with Crippen molar-refractivity contribution >= 4 is 24.1 Å². The molecular weight excluding hydrogens is 408 g/mol. The second-order valence-electron chi connectivity index (χ2n) is 7.75. The number of ether oxygens (including phenoxy) is 3. The van der Waals surface area contributed by atoms with E-state index in [1.54, 1.807) is 45.0 Å². The van der Waals surface area contributed by atoms with Crippen molar-refractivity contribution in [3.8, 4) is 0 Å². The van der Waals surface area contributed by atoms with Gasteiger partial charge in [0.2, 0.25) is 0 Å². The molecule has 2 atom stereocenters. The summed E-state index contributed by atoms with van der Waals surface area (Å²) in [5.74, 6) is -1.93. The first kappa shape index (κ1) is 25.7. The zero-order valence-electron chi connectivity index (χ0n) is 18.2. The molecule has 10 heteroatoms. The molecule has 3 N–H and O–H groups in total. The molecule has 172 valence electrons. The predicted molar refractivity (Wildman–Crippen MR) is 110 cm³/mol. The number of carbonyl (C=O) groups is 4. The standard InChI is InChI=1S/C21H30N2O8/c1-21(2,3)31-20(28)23-16(18(26)29-4)12-8-11-15(17(24)25)22-19(27)30-13-14-9-6-5-7-10-14/h5-7,9-10,15-16H,8,11-13H2,1-4H3,(H,22,27)(H,23,28)(H,24,25)/t15-,16-/m0/s1. The monoisotopic (exact) mass is 438 g/mol.